The van der Waals surface area contributed by atoms with Crippen molar-refractivity contribution in [2.45, 2.75) is 39.7 Å². The van der Waals surface area contributed by atoms with Gasteiger partial charge in [-0.1, -0.05) is 13.8 Å². The van der Waals surface area contributed by atoms with Crippen LogP contribution in [0.1, 0.15) is 42.1 Å². The van der Waals surface area contributed by atoms with Crippen LogP contribution in [0.15, 0.2) is 0 Å². The largest absolute Gasteiger partial charge is 0.476 e. The smallest absolute Gasteiger partial charge is 0.355 e. The van der Waals surface area contributed by atoms with Gasteiger partial charge in [-0.05, 0) is 19.8 Å². The fourth-order valence-electron chi connectivity index (χ4n) is 1.72. The Hall–Kier alpha value is -1.10. The molecule has 1 N–H and O–H groups in total. The summed E-state index contributed by atoms with van der Waals surface area (Å²) in [6.45, 7) is 6.05. The highest BCUT2D eigenvalue weighted by atomic mass is 32.1. The first-order valence-corrected chi connectivity index (χ1v) is 6.26. The van der Waals surface area contributed by atoms with Crippen LogP contribution in [0.5, 0.6) is 0 Å². The molecule has 0 atom stereocenters. The standard InChI is InChI=1S/C11H18N2O2S/c1-5-8(6-2)13(4)11-12-9(10(14)15)7(3)16-11/h8H,5-6H2,1-4H3,(H,14,15). The summed E-state index contributed by atoms with van der Waals surface area (Å²) in [7, 11) is 1.97. The Morgan fingerprint density at radius 3 is 2.44 bits per heavy atom. The minimum atomic E-state index is -0.946. The van der Waals surface area contributed by atoms with Crippen LogP contribution >= 0.6 is 11.3 Å². The van der Waals surface area contributed by atoms with Crippen molar-refractivity contribution in [3.8, 4) is 0 Å². The highest BCUT2D eigenvalue weighted by Gasteiger charge is 2.19. The van der Waals surface area contributed by atoms with E-state index in [0.29, 0.717) is 6.04 Å². The molecule has 4 nitrogen and oxygen atoms in total. The quantitative estimate of drug-likeness (QED) is 0.862. The maximum absolute atomic E-state index is 10.9. The maximum atomic E-state index is 10.9. The molecule has 0 radical (unpaired) electrons. The number of thiazole rings is 1. The van der Waals surface area contributed by atoms with Gasteiger partial charge in [0.1, 0.15) is 0 Å². The van der Waals surface area contributed by atoms with Gasteiger partial charge in [0.25, 0.3) is 0 Å². The summed E-state index contributed by atoms with van der Waals surface area (Å²) in [5.41, 5.74) is 0.179. The zero-order valence-corrected chi connectivity index (χ0v) is 11.0. The minimum absolute atomic E-state index is 0.179. The van der Waals surface area contributed by atoms with Gasteiger partial charge in [0.15, 0.2) is 10.8 Å². The molecule has 0 spiro atoms. The van der Waals surface area contributed by atoms with E-state index in [2.05, 4.69) is 23.7 Å². The van der Waals surface area contributed by atoms with E-state index in [1.54, 1.807) is 6.92 Å². The molecule has 5 heteroatoms. The van der Waals surface area contributed by atoms with Crippen LogP contribution in [0.2, 0.25) is 0 Å². The third-order valence-electron chi connectivity index (χ3n) is 2.78. The molecule has 16 heavy (non-hydrogen) atoms. The lowest BCUT2D eigenvalue weighted by Gasteiger charge is -2.25. The van der Waals surface area contributed by atoms with Crippen LogP contribution in [0, 0.1) is 6.92 Å². The average Bonchev–Trinajstić information content (AvgIpc) is 2.62. The second kappa shape index (κ2) is 5.30. The average molecular weight is 242 g/mol. The first kappa shape index (κ1) is 13.0. The van der Waals surface area contributed by atoms with Crippen molar-refractivity contribution in [3.63, 3.8) is 0 Å². The van der Waals surface area contributed by atoms with Crippen molar-refractivity contribution < 1.29 is 9.90 Å². The van der Waals surface area contributed by atoms with Crippen molar-refractivity contribution in [1.82, 2.24) is 4.98 Å². The third-order valence-corrected chi connectivity index (χ3v) is 3.84. The Balaban J connectivity index is 2.96. The van der Waals surface area contributed by atoms with Crippen molar-refractivity contribution in [2.75, 3.05) is 11.9 Å². The van der Waals surface area contributed by atoms with E-state index >= 15 is 0 Å². The highest BCUT2D eigenvalue weighted by Crippen LogP contribution is 2.27. The summed E-state index contributed by atoms with van der Waals surface area (Å²) in [5, 5.41) is 9.73. The molecule has 0 fully saturated rings. The van der Waals surface area contributed by atoms with Crippen molar-refractivity contribution in [2.24, 2.45) is 0 Å². The lowest BCUT2D eigenvalue weighted by Crippen LogP contribution is -2.30. The molecule has 0 saturated heterocycles. The van der Waals surface area contributed by atoms with Crippen LogP contribution < -0.4 is 4.90 Å². The van der Waals surface area contributed by atoms with Crippen molar-refractivity contribution >= 4 is 22.4 Å². The molecule has 1 aromatic heterocycles. The molecule has 0 aliphatic heterocycles. The number of carbonyl (C=O) groups is 1. The maximum Gasteiger partial charge on any atom is 0.355 e. The molecule has 0 aliphatic rings. The number of rotatable bonds is 5. The van der Waals surface area contributed by atoms with Gasteiger partial charge in [0, 0.05) is 18.0 Å². The molecule has 0 amide bonds. The molecule has 90 valence electrons. The van der Waals surface area contributed by atoms with Crippen molar-refractivity contribution in [3.05, 3.63) is 10.6 Å². The van der Waals surface area contributed by atoms with Crippen molar-refractivity contribution in [1.29, 1.82) is 0 Å². The highest BCUT2D eigenvalue weighted by molar-refractivity contribution is 7.15. The summed E-state index contributed by atoms with van der Waals surface area (Å²) in [6.07, 6.45) is 2.07. The number of nitrogens with zero attached hydrogens (tertiary/aromatic N) is 2. The van der Waals surface area contributed by atoms with E-state index in [1.807, 2.05) is 7.05 Å². The zero-order chi connectivity index (χ0) is 12.3. The van der Waals surface area contributed by atoms with E-state index < -0.39 is 5.97 Å². The van der Waals surface area contributed by atoms with E-state index in [9.17, 15) is 4.79 Å². The summed E-state index contributed by atoms with van der Waals surface area (Å²) in [6, 6.07) is 0.423. The van der Waals surface area contributed by atoms with E-state index in [4.69, 9.17) is 5.11 Å². The molecular weight excluding hydrogens is 224 g/mol. The predicted octanol–water partition coefficient (Wildman–Crippen LogP) is 2.77. The van der Waals surface area contributed by atoms with Gasteiger partial charge in [0.2, 0.25) is 0 Å². The molecule has 0 saturated carbocycles. The number of aromatic carboxylic acids is 1. The van der Waals surface area contributed by atoms with Gasteiger partial charge in [0.05, 0.1) is 0 Å². The van der Waals surface area contributed by atoms with Gasteiger partial charge in [-0.2, -0.15) is 0 Å². The zero-order valence-electron chi connectivity index (χ0n) is 10.1. The fraction of sp³-hybridized carbons (Fsp3) is 0.636. The van der Waals surface area contributed by atoms with E-state index in [1.165, 1.54) is 11.3 Å². The monoisotopic (exact) mass is 242 g/mol. The molecule has 1 aromatic rings. The summed E-state index contributed by atoms with van der Waals surface area (Å²) in [4.78, 5) is 17.9. The van der Waals surface area contributed by atoms with Crippen LogP contribution in [0.3, 0.4) is 0 Å². The van der Waals surface area contributed by atoms with Crippen LogP contribution in [0.4, 0.5) is 5.13 Å². The van der Waals surface area contributed by atoms with Gasteiger partial charge in [-0.15, -0.1) is 11.3 Å². The summed E-state index contributed by atoms with van der Waals surface area (Å²) >= 11 is 1.44. The van der Waals surface area contributed by atoms with Crippen LogP contribution in [-0.4, -0.2) is 29.1 Å². The third kappa shape index (κ3) is 2.52. The number of hydrogen-bond acceptors (Lipinski definition) is 4. The number of anilines is 1. The molecule has 1 rings (SSSR count). The van der Waals surface area contributed by atoms with Gasteiger partial charge < -0.3 is 10.0 Å². The Bertz CT molecular complexity index is 372. The number of aromatic nitrogens is 1. The van der Waals surface area contributed by atoms with Crippen LogP contribution in [0.25, 0.3) is 0 Å². The lowest BCUT2D eigenvalue weighted by atomic mass is 10.1. The Labute approximate surface area is 99.9 Å². The SMILES string of the molecule is CCC(CC)N(C)c1nc(C(=O)O)c(C)s1. The lowest BCUT2D eigenvalue weighted by molar-refractivity contribution is 0.0690. The molecule has 0 bridgehead atoms. The Morgan fingerprint density at radius 1 is 1.50 bits per heavy atom. The Kier molecular flexibility index (Phi) is 4.29. The molecule has 0 aromatic carbocycles. The van der Waals surface area contributed by atoms with E-state index in [-0.39, 0.29) is 5.69 Å². The van der Waals surface area contributed by atoms with E-state index in [0.717, 1.165) is 22.9 Å². The minimum Gasteiger partial charge on any atom is -0.476 e. The number of hydrogen-bond donors (Lipinski definition) is 1. The number of aryl methyl sites for hydroxylation is 1. The Morgan fingerprint density at radius 2 is 2.06 bits per heavy atom. The molecule has 1 heterocycles. The summed E-state index contributed by atoms with van der Waals surface area (Å²) in [5.74, 6) is -0.946. The number of carboxylic acid groups (broad SMARTS) is 1. The predicted molar refractivity (Wildman–Crippen MR) is 66.6 cm³/mol. The van der Waals surface area contributed by atoms with Gasteiger partial charge in [-0.25, -0.2) is 9.78 Å². The molecule has 0 aliphatic carbocycles. The molecular formula is C11H18N2O2S. The first-order valence-electron chi connectivity index (χ1n) is 5.44. The normalized spacial score (nSPS) is 10.8. The first-order chi connectivity index (χ1) is 7.51. The fourth-order valence-corrected chi connectivity index (χ4v) is 2.66. The molecule has 0 unspecified atom stereocenters. The van der Waals surface area contributed by atoms with Crippen LogP contribution in [-0.2, 0) is 0 Å². The number of carboxylic acids is 1. The summed E-state index contributed by atoms with van der Waals surface area (Å²) < 4.78 is 0. The van der Waals surface area contributed by atoms with Gasteiger partial charge >= 0.3 is 5.97 Å². The second-order valence-corrected chi connectivity index (χ2v) is 4.97. The second-order valence-electron chi connectivity index (χ2n) is 3.79. The van der Waals surface area contributed by atoms with Gasteiger partial charge in [-0.3, -0.25) is 0 Å². The topological polar surface area (TPSA) is 53.4 Å².